The van der Waals surface area contributed by atoms with Crippen LogP contribution in [0.4, 0.5) is 0 Å². The lowest BCUT2D eigenvalue weighted by molar-refractivity contribution is 0.614. The van der Waals surface area contributed by atoms with Crippen molar-refractivity contribution in [3.8, 4) is 0 Å². The molecule has 0 spiro atoms. The van der Waals surface area contributed by atoms with Gasteiger partial charge in [-0.25, -0.2) is 0 Å². The summed E-state index contributed by atoms with van der Waals surface area (Å²) in [6.45, 7) is 4.40. The Morgan fingerprint density at radius 1 is 1.33 bits per heavy atom. The third-order valence-electron chi connectivity index (χ3n) is 2.73. The lowest BCUT2D eigenvalue weighted by atomic mass is 10.0. The van der Waals surface area contributed by atoms with E-state index in [0.717, 1.165) is 11.0 Å². The normalized spacial score (nSPS) is 12.3. The Hall–Kier alpha value is -0.600. The summed E-state index contributed by atoms with van der Waals surface area (Å²) in [4.78, 5) is 0. The number of fused-ring (bicyclic) bond motifs is 1. The van der Waals surface area contributed by atoms with E-state index in [4.69, 9.17) is 16.0 Å². The highest BCUT2D eigenvalue weighted by Crippen LogP contribution is 2.36. The largest absolute Gasteiger partial charge is 0.463 e. The van der Waals surface area contributed by atoms with E-state index < -0.39 is 0 Å². The molecule has 0 radical (unpaired) electrons. The molecule has 0 aliphatic carbocycles. The minimum Gasteiger partial charge on any atom is -0.463 e. The maximum atomic E-state index is 5.97. The molecule has 0 fully saturated rings. The molecule has 0 N–H and O–H groups in total. The maximum absolute atomic E-state index is 5.97. The quantitative estimate of drug-likeness (QED) is 0.756. The molecule has 0 amide bonds. The molecular weight excluding hydrogens is 228 g/mol. The topological polar surface area (TPSA) is 13.1 Å². The lowest BCUT2D eigenvalue weighted by Crippen LogP contribution is -2.10. The molecule has 0 bridgehead atoms. The Kier molecular flexibility index (Phi) is 2.73. The van der Waals surface area contributed by atoms with Crippen molar-refractivity contribution in [2.75, 3.05) is 6.26 Å². The average molecular weight is 241 g/mol. The molecule has 0 saturated carbocycles. The predicted octanol–water partition coefficient (Wildman–Crippen LogP) is 4.68. The van der Waals surface area contributed by atoms with Crippen molar-refractivity contribution in [1.29, 1.82) is 0 Å². The summed E-state index contributed by atoms with van der Waals surface area (Å²) in [5, 5.41) is 1.66. The zero-order chi connectivity index (χ0) is 11.1. The lowest BCUT2D eigenvalue weighted by Gasteiger charge is -2.22. The van der Waals surface area contributed by atoms with Gasteiger partial charge >= 0.3 is 0 Å². The Morgan fingerprint density at radius 3 is 2.73 bits per heavy atom. The molecule has 1 heterocycles. The molecule has 0 aliphatic rings. The van der Waals surface area contributed by atoms with Crippen LogP contribution < -0.4 is 0 Å². The molecule has 2 aromatic rings. The molecule has 0 saturated heterocycles. The van der Waals surface area contributed by atoms with Gasteiger partial charge in [-0.05, 0) is 37.8 Å². The summed E-state index contributed by atoms with van der Waals surface area (Å²) in [5.41, 5.74) is 2.12. The number of furan rings is 1. The highest BCUT2D eigenvalue weighted by Gasteiger charge is 2.19. The molecular formula is C12H13ClOS. The standard InChI is InChI=1S/C12H13ClOS/c1-12(2,15-3)8-4-5-9-10(13)7-14-11(9)6-8/h4-7H,1-3H3. The van der Waals surface area contributed by atoms with Crippen LogP contribution in [-0.4, -0.2) is 6.26 Å². The van der Waals surface area contributed by atoms with E-state index in [1.54, 1.807) is 6.26 Å². The Labute approximate surface area is 98.8 Å². The summed E-state index contributed by atoms with van der Waals surface area (Å²) in [7, 11) is 0. The third kappa shape index (κ3) is 1.88. The molecule has 1 nitrogen and oxygen atoms in total. The van der Waals surface area contributed by atoms with E-state index in [-0.39, 0.29) is 4.75 Å². The van der Waals surface area contributed by atoms with Crippen LogP contribution in [0.25, 0.3) is 11.0 Å². The number of benzene rings is 1. The first-order chi connectivity index (χ1) is 7.04. The van der Waals surface area contributed by atoms with Crippen LogP contribution in [0.2, 0.25) is 5.02 Å². The van der Waals surface area contributed by atoms with Crippen LogP contribution in [0.1, 0.15) is 19.4 Å². The van der Waals surface area contributed by atoms with Crippen LogP contribution in [0.5, 0.6) is 0 Å². The second-order valence-electron chi connectivity index (χ2n) is 4.01. The molecule has 2 rings (SSSR count). The van der Waals surface area contributed by atoms with Gasteiger partial charge in [-0.3, -0.25) is 0 Å². The Bertz CT molecular complexity index is 487. The fourth-order valence-electron chi connectivity index (χ4n) is 1.49. The first-order valence-electron chi connectivity index (χ1n) is 4.77. The average Bonchev–Trinajstić information content (AvgIpc) is 2.60. The van der Waals surface area contributed by atoms with E-state index in [1.807, 2.05) is 17.8 Å². The monoisotopic (exact) mass is 240 g/mol. The minimum absolute atomic E-state index is 0.105. The first-order valence-corrected chi connectivity index (χ1v) is 6.37. The van der Waals surface area contributed by atoms with Gasteiger partial charge in [0.25, 0.3) is 0 Å². The summed E-state index contributed by atoms with van der Waals surface area (Å²) in [6, 6.07) is 6.20. The molecule has 15 heavy (non-hydrogen) atoms. The van der Waals surface area contributed by atoms with Crippen LogP contribution in [0, 0.1) is 0 Å². The summed E-state index contributed by atoms with van der Waals surface area (Å²) >= 11 is 7.80. The Balaban J connectivity index is 2.57. The van der Waals surface area contributed by atoms with Gasteiger partial charge in [0.1, 0.15) is 11.8 Å². The van der Waals surface area contributed by atoms with E-state index in [9.17, 15) is 0 Å². The van der Waals surface area contributed by atoms with Crippen LogP contribution in [0.15, 0.2) is 28.9 Å². The molecule has 1 aromatic heterocycles. The second-order valence-corrected chi connectivity index (χ2v) is 5.85. The van der Waals surface area contributed by atoms with Crippen molar-refractivity contribution < 1.29 is 4.42 Å². The smallest absolute Gasteiger partial charge is 0.135 e. The van der Waals surface area contributed by atoms with Crippen molar-refractivity contribution in [3.63, 3.8) is 0 Å². The van der Waals surface area contributed by atoms with Crippen molar-refractivity contribution in [2.45, 2.75) is 18.6 Å². The van der Waals surface area contributed by atoms with Crippen molar-refractivity contribution in [2.24, 2.45) is 0 Å². The molecule has 1 aromatic carbocycles. The van der Waals surface area contributed by atoms with Crippen LogP contribution in [-0.2, 0) is 4.75 Å². The third-order valence-corrected chi connectivity index (χ3v) is 4.28. The van der Waals surface area contributed by atoms with E-state index in [1.165, 1.54) is 5.56 Å². The molecule has 0 aliphatic heterocycles. The predicted molar refractivity (Wildman–Crippen MR) is 67.8 cm³/mol. The highest BCUT2D eigenvalue weighted by molar-refractivity contribution is 7.99. The van der Waals surface area contributed by atoms with Gasteiger partial charge in [0.05, 0.1) is 5.02 Å². The van der Waals surface area contributed by atoms with Gasteiger partial charge in [-0.2, -0.15) is 11.8 Å². The van der Waals surface area contributed by atoms with Gasteiger partial charge in [0.2, 0.25) is 0 Å². The molecule has 80 valence electrons. The second kappa shape index (κ2) is 3.76. The molecule has 3 heteroatoms. The highest BCUT2D eigenvalue weighted by atomic mass is 35.5. The van der Waals surface area contributed by atoms with E-state index in [2.05, 4.69) is 32.2 Å². The van der Waals surface area contributed by atoms with Crippen molar-refractivity contribution in [1.82, 2.24) is 0 Å². The van der Waals surface area contributed by atoms with Crippen LogP contribution >= 0.6 is 23.4 Å². The molecule has 0 atom stereocenters. The van der Waals surface area contributed by atoms with Gasteiger partial charge in [0.15, 0.2) is 0 Å². The zero-order valence-corrected chi connectivity index (χ0v) is 10.6. The van der Waals surface area contributed by atoms with E-state index in [0.29, 0.717) is 5.02 Å². The number of thioether (sulfide) groups is 1. The van der Waals surface area contributed by atoms with Crippen molar-refractivity contribution in [3.05, 3.63) is 35.0 Å². The van der Waals surface area contributed by atoms with Crippen LogP contribution in [0.3, 0.4) is 0 Å². The Morgan fingerprint density at radius 2 is 2.07 bits per heavy atom. The first kappa shape index (κ1) is 10.9. The van der Waals surface area contributed by atoms with Gasteiger partial charge in [0, 0.05) is 10.1 Å². The number of rotatable bonds is 2. The summed E-state index contributed by atoms with van der Waals surface area (Å²) < 4.78 is 5.49. The van der Waals surface area contributed by atoms with Gasteiger partial charge in [-0.1, -0.05) is 17.7 Å². The fourth-order valence-corrected chi connectivity index (χ4v) is 2.05. The minimum atomic E-state index is 0.105. The summed E-state index contributed by atoms with van der Waals surface area (Å²) in [6.07, 6.45) is 3.70. The van der Waals surface area contributed by atoms with Gasteiger partial charge in [-0.15, -0.1) is 0 Å². The number of hydrogen-bond donors (Lipinski definition) is 0. The zero-order valence-electron chi connectivity index (χ0n) is 9.00. The SMILES string of the molecule is CSC(C)(C)c1ccc2c(Cl)coc2c1. The van der Waals surface area contributed by atoms with Gasteiger partial charge < -0.3 is 4.42 Å². The molecule has 0 unspecified atom stereocenters. The number of hydrogen-bond acceptors (Lipinski definition) is 2. The fraction of sp³-hybridized carbons (Fsp3) is 0.333. The van der Waals surface area contributed by atoms with E-state index >= 15 is 0 Å². The summed E-state index contributed by atoms with van der Waals surface area (Å²) in [5.74, 6) is 0. The number of halogens is 1. The van der Waals surface area contributed by atoms with Crippen molar-refractivity contribution >= 4 is 34.3 Å². The maximum Gasteiger partial charge on any atom is 0.135 e.